The van der Waals surface area contributed by atoms with Crippen LogP contribution in [0.4, 0.5) is 23.0 Å². The maximum absolute atomic E-state index is 13.4. The molecule has 7 heteroatoms. The molecule has 2 aromatic heterocycles. The molecule has 36 heavy (non-hydrogen) atoms. The van der Waals surface area contributed by atoms with Gasteiger partial charge in [-0.25, -0.2) is 4.98 Å². The molecule has 178 valence electrons. The van der Waals surface area contributed by atoms with Crippen molar-refractivity contribution in [2.45, 2.75) is 6.92 Å². The number of carbonyl (C=O) groups is 1. The highest BCUT2D eigenvalue weighted by Crippen LogP contribution is 2.28. The lowest BCUT2D eigenvalue weighted by Gasteiger charge is -2.20. The minimum Gasteiger partial charge on any atom is -0.360 e. The molecule has 2 heterocycles. The molecule has 0 unspecified atom stereocenters. The van der Waals surface area contributed by atoms with Gasteiger partial charge >= 0.3 is 0 Å². The van der Waals surface area contributed by atoms with E-state index in [4.69, 9.17) is 0 Å². The number of carbonyl (C=O) groups excluding carboxylic acids is 1. The van der Waals surface area contributed by atoms with Gasteiger partial charge in [-0.05, 0) is 49.4 Å². The number of hydrogen-bond donors (Lipinski definition) is 3. The van der Waals surface area contributed by atoms with Crippen LogP contribution >= 0.6 is 0 Å². The average molecular weight is 476 g/mol. The number of aryl methyl sites for hydroxylation is 1. The second kappa shape index (κ2) is 10.1. The van der Waals surface area contributed by atoms with E-state index >= 15 is 0 Å². The maximum atomic E-state index is 13.4. The Morgan fingerprint density at radius 1 is 0.833 bits per heavy atom. The predicted molar refractivity (Wildman–Crippen MR) is 145 cm³/mol. The Balaban J connectivity index is 1.58. The Bertz CT molecular complexity index is 1570. The zero-order valence-electron chi connectivity index (χ0n) is 19.7. The van der Waals surface area contributed by atoms with Gasteiger partial charge in [0, 0.05) is 28.8 Å². The van der Waals surface area contributed by atoms with Gasteiger partial charge in [-0.1, -0.05) is 54.6 Å². The monoisotopic (exact) mass is 475 g/mol. The average Bonchev–Trinajstić information content (AvgIpc) is 2.89. The lowest BCUT2D eigenvalue weighted by molar-refractivity contribution is -0.114. The quantitative estimate of drug-likeness (QED) is 0.290. The molecular weight excluding hydrogens is 450 g/mol. The highest BCUT2D eigenvalue weighted by atomic mass is 16.2. The maximum Gasteiger partial charge on any atom is 0.243 e. The number of benzene rings is 3. The first kappa shape index (κ1) is 22.9. The fraction of sp³-hybridized carbons (Fsp3) is 0.0690. The van der Waals surface area contributed by atoms with Crippen molar-refractivity contribution in [3.8, 4) is 5.69 Å². The Kier molecular flexibility index (Phi) is 6.44. The lowest BCUT2D eigenvalue weighted by Crippen LogP contribution is -2.23. The molecule has 0 aliphatic heterocycles. The van der Waals surface area contributed by atoms with Gasteiger partial charge in [-0.15, -0.1) is 0 Å². The molecule has 0 bridgehead atoms. The van der Waals surface area contributed by atoms with E-state index < -0.39 is 0 Å². The number of rotatable bonds is 7. The summed E-state index contributed by atoms with van der Waals surface area (Å²) in [6.45, 7) is 1.83. The summed E-state index contributed by atoms with van der Waals surface area (Å²) < 4.78 is 1.99. The van der Waals surface area contributed by atoms with Crippen LogP contribution < -0.4 is 21.4 Å². The molecule has 3 aromatic carbocycles. The number of fused-ring (bicyclic) bond motifs is 1. The summed E-state index contributed by atoms with van der Waals surface area (Å²) in [5.74, 6) is 0.765. The minimum atomic E-state index is -0.233. The van der Waals surface area contributed by atoms with E-state index in [0.717, 1.165) is 17.1 Å². The normalized spacial score (nSPS) is 10.7. The third-order valence-electron chi connectivity index (χ3n) is 5.66. The molecule has 0 saturated heterocycles. The van der Waals surface area contributed by atoms with Crippen molar-refractivity contribution in [1.82, 2.24) is 9.55 Å². The molecular formula is C29H25N5O2. The molecule has 0 fully saturated rings. The molecule has 0 radical (unpaired) electrons. The third kappa shape index (κ3) is 4.95. The molecule has 0 atom stereocenters. The van der Waals surface area contributed by atoms with Gasteiger partial charge in [0.25, 0.3) is 0 Å². The second-order valence-corrected chi connectivity index (χ2v) is 8.33. The summed E-state index contributed by atoms with van der Waals surface area (Å²) in [5, 5.41) is 9.71. The van der Waals surface area contributed by atoms with Crippen LogP contribution in [0.2, 0.25) is 0 Å². The van der Waals surface area contributed by atoms with Gasteiger partial charge in [0.2, 0.25) is 5.91 Å². The van der Waals surface area contributed by atoms with Crippen LogP contribution in [0.15, 0.2) is 108 Å². The minimum absolute atomic E-state index is 0.0325. The van der Waals surface area contributed by atoms with E-state index in [0.29, 0.717) is 28.2 Å². The molecule has 0 aliphatic rings. The number of anilines is 4. The summed E-state index contributed by atoms with van der Waals surface area (Å²) in [5.41, 5.74) is 3.66. The standard InChI is InChI=1S/C29H25N5O2/c1-20-17-24-28(29(31-20)30-19-27(36)33-22-13-7-3-8-14-22)25(35)18-26(32-21-11-5-2-6-12-21)34(24)23-15-9-4-10-16-23/h2-18,32H,19H2,1H3,(H,30,31)(H,33,36). The molecule has 0 saturated carbocycles. The third-order valence-corrected chi connectivity index (χ3v) is 5.66. The van der Waals surface area contributed by atoms with Gasteiger partial charge < -0.3 is 16.0 Å². The molecule has 1 amide bonds. The van der Waals surface area contributed by atoms with Crippen molar-refractivity contribution < 1.29 is 4.79 Å². The predicted octanol–water partition coefficient (Wildman–Crippen LogP) is 5.49. The molecule has 5 aromatic rings. The Morgan fingerprint density at radius 3 is 2.11 bits per heavy atom. The summed E-state index contributed by atoms with van der Waals surface area (Å²) in [6.07, 6.45) is 0. The van der Waals surface area contributed by atoms with Crippen molar-refractivity contribution in [3.05, 3.63) is 119 Å². The van der Waals surface area contributed by atoms with Crippen molar-refractivity contribution in [2.75, 3.05) is 22.5 Å². The van der Waals surface area contributed by atoms with E-state index in [-0.39, 0.29) is 17.9 Å². The summed E-state index contributed by atoms with van der Waals surface area (Å²) in [7, 11) is 0. The summed E-state index contributed by atoms with van der Waals surface area (Å²) >= 11 is 0. The largest absolute Gasteiger partial charge is 0.360 e. The number of pyridine rings is 2. The van der Waals surface area contributed by atoms with E-state index in [1.54, 1.807) is 6.07 Å². The van der Waals surface area contributed by atoms with E-state index in [1.165, 1.54) is 0 Å². The fourth-order valence-electron chi connectivity index (χ4n) is 4.10. The van der Waals surface area contributed by atoms with E-state index in [9.17, 15) is 9.59 Å². The summed E-state index contributed by atoms with van der Waals surface area (Å²) in [4.78, 5) is 30.5. The van der Waals surface area contributed by atoms with Crippen LogP contribution in [0.5, 0.6) is 0 Å². The van der Waals surface area contributed by atoms with Crippen LogP contribution in [0.1, 0.15) is 5.69 Å². The van der Waals surface area contributed by atoms with Gasteiger partial charge in [0.15, 0.2) is 5.43 Å². The van der Waals surface area contributed by atoms with Crippen LogP contribution in [0.25, 0.3) is 16.6 Å². The van der Waals surface area contributed by atoms with Crippen LogP contribution in [0.3, 0.4) is 0 Å². The number of para-hydroxylation sites is 3. The SMILES string of the molecule is Cc1cc2c(c(NCC(=O)Nc3ccccc3)n1)c(=O)cc(Nc1ccccc1)n2-c1ccccc1. The first-order valence-corrected chi connectivity index (χ1v) is 11.6. The van der Waals surface area contributed by atoms with Crippen molar-refractivity contribution in [2.24, 2.45) is 0 Å². The van der Waals surface area contributed by atoms with Crippen LogP contribution in [0, 0.1) is 6.92 Å². The first-order valence-electron chi connectivity index (χ1n) is 11.6. The van der Waals surface area contributed by atoms with Gasteiger partial charge in [-0.3, -0.25) is 14.2 Å². The fourth-order valence-corrected chi connectivity index (χ4v) is 4.10. The highest BCUT2D eigenvalue weighted by molar-refractivity contribution is 5.97. The number of hydrogen-bond acceptors (Lipinski definition) is 5. The van der Waals surface area contributed by atoms with Gasteiger partial charge in [0.1, 0.15) is 11.6 Å². The smallest absolute Gasteiger partial charge is 0.243 e. The van der Waals surface area contributed by atoms with Crippen molar-refractivity contribution >= 4 is 39.8 Å². The van der Waals surface area contributed by atoms with Gasteiger partial charge in [0.05, 0.1) is 17.4 Å². The van der Waals surface area contributed by atoms with Crippen molar-refractivity contribution in [1.29, 1.82) is 0 Å². The van der Waals surface area contributed by atoms with Gasteiger partial charge in [-0.2, -0.15) is 0 Å². The highest BCUT2D eigenvalue weighted by Gasteiger charge is 2.17. The van der Waals surface area contributed by atoms with E-state index in [1.807, 2.05) is 109 Å². The molecule has 3 N–H and O–H groups in total. The molecule has 0 spiro atoms. The van der Waals surface area contributed by atoms with Crippen molar-refractivity contribution in [3.63, 3.8) is 0 Å². The first-order chi connectivity index (χ1) is 17.6. The second-order valence-electron chi connectivity index (χ2n) is 8.33. The topological polar surface area (TPSA) is 88.1 Å². The Morgan fingerprint density at radius 2 is 1.44 bits per heavy atom. The number of amides is 1. The Hall–Kier alpha value is -4.91. The molecule has 7 nitrogen and oxygen atoms in total. The van der Waals surface area contributed by atoms with Crippen LogP contribution in [-0.2, 0) is 4.79 Å². The van der Waals surface area contributed by atoms with Crippen LogP contribution in [-0.4, -0.2) is 22.0 Å². The number of nitrogens with one attached hydrogen (secondary N) is 3. The van der Waals surface area contributed by atoms with E-state index in [2.05, 4.69) is 20.9 Å². The number of aromatic nitrogens is 2. The zero-order valence-corrected chi connectivity index (χ0v) is 19.7. The number of nitrogens with zero attached hydrogens (tertiary/aromatic N) is 2. The molecule has 0 aliphatic carbocycles. The molecule has 5 rings (SSSR count). The zero-order chi connectivity index (χ0) is 24.9. The summed E-state index contributed by atoms with van der Waals surface area (Å²) in [6, 6.07) is 32.2. The Labute approximate surface area is 208 Å². The lowest BCUT2D eigenvalue weighted by atomic mass is 10.1.